The first-order valence-corrected chi connectivity index (χ1v) is 13.8. The smallest absolute Gasteiger partial charge is 0.244 e. The SMILES string of the molecule is Cc1nc2c(s1)C(=O)C(=NCCCN(C)CCCN=C1CC(=O)c3nc(-c4cc(F)ccc4F)oc3C1=O)CC2=O. The fourth-order valence-electron chi connectivity index (χ4n) is 4.58. The van der Waals surface area contributed by atoms with Crippen LogP contribution in [0.3, 0.4) is 0 Å². The van der Waals surface area contributed by atoms with Gasteiger partial charge in [0.05, 0.1) is 34.8 Å². The molecule has 0 spiro atoms. The first kappa shape index (κ1) is 28.4. The second-order valence-electron chi connectivity index (χ2n) is 9.76. The number of halogens is 2. The van der Waals surface area contributed by atoms with Crippen molar-refractivity contribution in [3.05, 3.63) is 56.9 Å². The van der Waals surface area contributed by atoms with Crippen LogP contribution in [0.25, 0.3) is 11.5 Å². The van der Waals surface area contributed by atoms with Gasteiger partial charge in [-0.3, -0.25) is 29.2 Å². The molecule has 0 saturated heterocycles. The molecule has 0 fully saturated rings. The van der Waals surface area contributed by atoms with Gasteiger partial charge in [-0.1, -0.05) is 0 Å². The molecule has 41 heavy (non-hydrogen) atoms. The summed E-state index contributed by atoms with van der Waals surface area (Å²) in [5.41, 5.74) is 0.0757. The first-order chi connectivity index (χ1) is 19.6. The lowest BCUT2D eigenvalue weighted by Crippen LogP contribution is -2.27. The van der Waals surface area contributed by atoms with E-state index in [1.54, 1.807) is 6.92 Å². The van der Waals surface area contributed by atoms with Gasteiger partial charge in [0, 0.05) is 13.1 Å². The minimum absolute atomic E-state index is 0.0228. The maximum Gasteiger partial charge on any atom is 0.244 e. The van der Waals surface area contributed by atoms with Crippen LogP contribution in [-0.2, 0) is 0 Å². The molecule has 0 unspecified atom stereocenters. The number of aliphatic imine (C=N–C) groups is 2. The lowest BCUT2D eigenvalue weighted by Gasteiger charge is -2.16. The minimum atomic E-state index is -0.794. The van der Waals surface area contributed by atoms with Crippen molar-refractivity contribution in [2.24, 2.45) is 9.98 Å². The molecule has 2 aromatic heterocycles. The Kier molecular flexibility index (Phi) is 8.18. The van der Waals surface area contributed by atoms with E-state index in [1.165, 1.54) is 11.3 Å². The van der Waals surface area contributed by atoms with Crippen LogP contribution in [-0.4, -0.2) is 82.7 Å². The Morgan fingerprint density at radius 1 is 0.927 bits per heavy atom. The number of fused-ring (bicyclic) bond motifs is 2. The summed E-state index contributed by atoms with van der Waals surface area (Å²) in [4.78, 5) is 69.4. The molecule has 3 aromatic rings. The van der Waals surface area contributed by atoms with Crippen LogP contribution in [0.4, 0.5) is 8.78 Å². The first-order valence-electron chi connectivity index (χ1n) is 13.0. The molecule has 212 valence electrons. The number of aryl methyl sites for hydroxylation is 1. The molecule has 5 rings (SSSR count). The third-order valence-corrected chi connectivity index (χ3v) is 7.61. The lowest BCUT2D eigenvalue weighted by atomic mass is 9.97. The maximum atomic E-state index is 14.1. The number of carbonyl (C=O) groups is 4. The van der Waals surface area contributed by atoms with E-state index in [2.05, 4.69) is 24.9 Å². The second kappa shape index (κ2) is 11.8. The Hall–Kier alpha value is -4.10. The van der Waals surface area contributed by atoms with Crippen LogP contribution >= 0.6 is 11.3 Å². The van der Waals surface area contributed by atoms with Gasteiger partial charge in [-0.05, 0) is 58.1 Å². The summed E-state index contributed by atoms with van der Waals surface area (Å²) in [6.07, 6.45) is 1.02. The fourth-order valence-corrected chi connectivity index (χ4v) is 5.48. The molecule has 0 radical (unpaired) electrons. The molecule has 2 aliphatic carbocycles. The molecule has 2 aliphatic rings. The zero-order valence-electron chi connectivity index (χ0n) is 22.3. The van der Waals surface area contributed by atoms with Crippen LogP contribution in [0.5, 0.6) is 0 Å². The number of rotatable bonds is 9. The summed E-state index contributed by atoms with van der Waals surface area (Å²) < 4.78 is 33.1. The van der Waals surface area contributed by atoms with Gasteiger partial charge in [0.15, 0.2) is 17.3 Å². The molecule has 1 aromatic carbocycles. The standard InChI is InChI=1S/C28H25F2N5O5S/c1-14-33-23-21(37)13-19(25(39)27(23)41-14)32-8-4-10-35(2)9-3-7-31-18-12-20(36)22-26(24(18)38)40-28(34-22)16-11-15(29)5-6-17(16)30/h5-6,11H,3-4,7-10,12-13H2,1-2H3. The van der Waals surface area contributed by atoms with Gasteiger partial charge in [0.1, 0.15) is 22.2 Å². The van der Waals surface area contributed by atoms with Gasteiger partial charge < -0.3 is 9.32 Å². The van der Waals surface area contributed by atoms with Gasteiger partial charge in [0.25, 0.3) is 0 Å². The second-order valence-corrected chi connectivity index (χ2v) is 11.0. The highest BCUT2D eigenvalue weighted by Crippen LogP contribution is 2.29. The summed E-state index contributed by atoms with van der Waals surface area (Å²) in [6, 6.07) is 2.73. The van der Waals surface area contributed by atoms with E-state index in [4.69, 9.17) is 4.42 Å². The number of nitrogens with zero attached hydrogens (tertiary/aromatic N) is 5. The Bertz CT molecular complexity index is 1640. The Labute approximate surface area is 237 Å². The quantitative estimate of drug-likeness (QED) is 0.343. The molecule has 0 N–H and O–H groups in total. The predicted octanol–water partition coefficient (Wildman–Crippen LogP) is 4.22. The highest BCUT2D eigenvalue weighted by molar-refractivity contribution is 7.15. The van der Waals surface area contributed by atoms with E-state index in [1.807, 2.05) is 7.05 Å². The van der Waals surface area contributed by atoms with E-state index in [9.17, 15) is 28.0 Å². The van der Waals surface area contributed by atoms with Gasteiger partial charge in [0.2, 0.25) is 23.2 Å². The van der Waals surface area contributed by atoms with Crippen molar-refractivity contribution in [2.75, 3.05) is 33.2 Å². The third kappa shape index (κ3) is 6.00. The molecule has 2 heterocycles. The molecule has 0 aliphatic heterocycles. The molecular weight excluding hydrogens is 556 g/mol. The molecule has 13 heteroatoms. The van der Waals surface area contributed by atoms with E-state index < -0.39 is 23.2 Å². The van der Waals surface area contributed by atoms with Crippen molar-refractivity contribution < 1.29 is 32.4 Å². The van der Waals surface area contributed by atoms with Gasteiger partial charge in [-0.25, -0.2) is 18.7 Å². The fraction of sp³-hybridized carbons (Fsp3) is 0.357. The summed E-state index contributed by atoms with van der Waals surface area (Å²) in [7, 11) is 1.92. The van der Waals surface area contributed by atoms with E-state index >= 15 is 0 Å². The average molecular weight is 582 g/mol. The van der Waals surface area contributed by atoms with Crippen molar-refractivity contribution >= 4 is 45.9 Å². The van der Waals surface area contributed by atoms with Crippen molar-refractivity contribution in [3.63, 3.8) is 0 Å². The Morgan fingerprint density at radius 2 is 1.56 bits per heavy atom. The largest absolute Gasteiger partial charge is 0.432 e. The summed E-state index contributed by atoms with van der Waals surface area (Å²) >= 11 is 1.21. The maximum absolute atomic E-state index is 14.1. The molecule has 0 saturated carbocycles. The van der Waals surface area contributed by atoms with Crippen LogP contribution in [0, 0.1) is 18.6 Å². The topological polar surface area (TPSA) is 135 Å². The zero-order chi connectivity index (χ0) is 29.3. The minimum Gasteiger partial charge on any atom is -0.432 e. The number of Topliss-reactive ketones (excluding diaryl/α,β-unsaturated/α-hetero) is 4. The van der Waals surface area contributed by atoms with Crippen molar-refractivity contribution in [2.45, 2.75) is 32.6 Å². The van der Waals surface area contributed by atoms with Crippen LogP contribution in [0.1, 0.15) is 71.9 Å². The number of ketones is 4. The van der Waals surface area contributed by atoms with Gasteiger partial charge in [-0.15, -0.1) is 11.3 Å². The van der Waals surface area contributed by atoms with Crippen molar-refractivity contribution in [3.8, 4) is 11.5 Å². The number of carbonyl (C=O) groups excluding carboxylic acids is 4. The summed E-state index contributed by atoms with van der Waals surface area (Å²) in [6.45, 7) is 3.82. The number of benzene rings is 1. The summed E-state index contributed by atoms with van der Waals surface area (Å²) in [5, 5.41) is 0.679. The predicted molar refractivity (Wildman–Crippen MR) is 147 cm³/mol. The van der Waals surface area contributed by atoms with Gasteiger partial charge in [-0.2, -0.15) is 0 Å². The van der Waals surface area contributed by atoms with Gasteiger partial charge >= 0.3 is 0 Å². The zero-order valence-corrected chi connectivity index (χ0v) is 23.1. The number of aromatic nitrogens is 2. The Balaban J connectivity index is 1.10. The molecule has 10 nitrogen and oxygen atoms in total. The normalized spacial score (nSPS) is 17.2. The monoisotopic (exact) mass is 581 g/mol. The highest BCUT2D eigenvalue weighted by Gasteiger charge is 2.36. The number of oxazole rings is 1. The molecule has 0 atom stereocenters. The summed E-state index contributed by atoms with van der Waals surface area (Å²) in [5.74, 6) is -3.65. The van der Waals surface area contributed by atoms with E-state index in [0.29, 0.717) is 48.9 Å². The van der Waals surface area contributed by atoms with Crippen molar-refractivity contribution in [1.82, 2.24) is 14.9 Å². The lowest BCUT2D eigenvalue weighted by molar-refractivity contribution is 0.0949. The molecule has 0 bridgehead atoms. The van der Waals surface area contributed by atoms with E-state index in [-0.39, 0.29) is 64.4 Å². The number of hydrogen-bond acceptors (Lipinski definition) is 11. The van der Waals surface area contributed by atoms with E-state index in [0.717, 1.165) is 18.2 Å². The van der Waals surface area contributed by atoms with Crippen molar-refractivity contribution in [1.29, 1.82) is 0 Å². The molecule has 0 amide bonds. The average Bonchev–Trinajstić information content (AvgIpc) is 3.56. The number of thiazole rings is 1. The third-order valence-electron chi connectivity index (χ3n) is 6.64. The Morgan fingerprint density at radius 3 is 2.24 bits per heavy atom. The van der Waals surface area contributed by atoms with Crippen LogP contribution in [0.2, 0.25) is 0 Å². The van der Waals surface area contributed by atoms with Crippen LogP contribution < -0.4 is 0 Å². The number of hydrogen-bond donors (Lipinski definition) is 0. The molecular formula is C28H25F2N5O5S. The highest BCUT2D eigenvalue weighted by atomic mass is 32.1. The van der Waals surface area contributed by atoms with Crippen LogP contribution in [0.15, 0.2) is 32.6 Å².